The minimum atomic E-state index is -0.453. The molecule has 152 valence electrons. The number of ether oxygens (including phenoxy) is 1. The molecule has 1 heterocycles. The highest BCUT2D eigenvalue weighted by atomic mass is 127. The molecule has 1 amide bonds. The summed E-state index contributed by atoms with van der Waals surface area (Å²) in [6, 6.07) is 4.71. The molecule has 1 atom stereocenters. The zero-order valence-corrected chi connectivity index (χ0v) is 19.0. The van der Waals surface area contributed by atoms with Gasteiger partial charge in [-0.15, -0.1) is 24.0 Å². The second-order valence-electron chi connectivity index (χ2n) is 6.55. The van der Waals surface area contributed by atoms with Gasteiger partial charge < -0.3 is 19.9 Å². The number of nitrogens with one attached hydrogen (secondary N) is 1. The number of hydrogen-bond acceptors (Lipinski definition) is 3. The summed E-state index contributed by atoms with van der Waals surface area (Å²) >= 11 is 5.74. The van der Waals surface area contributed by atoms with E-state index >= 15 is 0 Å². The molecule has 0 radical (unpaired) electrons. The molecule has 1 aromatic carbocycles. The van der Waals surface area contributed by atoms with Crippen molar-refractivity contribution < 1.29 is 13.9 Å². The highest BCUT2D eigenvalue weighted by Gasteiger charge is 2.17. The van der Waals surface area contributed by atoms with Crippen molar-refractivity contribution >= 4 is 47.4 Å². The fourth-order valence-electron chi connectivity index (χ4n) is 2.59. The third kappa shape index (κ3) is 7.79. The highest BCUT2D eigenvalue weighted by Crippen LogP contribution is 2.16. The summed E-state index contributed by atoms with van der Waals surface area (Å²) in [7, 11) is 5.23. The van der Waals surface area contributed by atoms with E-state index in [-0.39, 0.29) is 47.6 Å². The van der Waals surface area contributed by atoms with Gasteiger partial charge in [-0.25, -0.2) is 9.38 Å². The Morgan fingerprint density at radius 3 is 2.74 bits per heavy atom. The van der Waals surface area contributed by atoms with Gasteiger partial charge in [0.2, 0.25) is 5.91 Å². The van der Waals surface area contributed by atoms with E-state index in [1.165, 1.54) is 17.0 Å². The molecule has 0 aromatic heterocycles. The molecule has 1 saturated heterocycles. The smallest absolute Gasteiger partial charge is 0.243 e. The lowest BCUT2D eigenvalue weighted by molar-refractivity contribution is -0.127. The molecule has 1 aliphatic heterocycles. The van der Waals surface area contributed by atoms with Gasteiger partial charge in [0.15, 0.2) is 5.96 Å². The number of halogens is 3. The fourth-order valence-corrected chi connectivity index (χ4v) is 2.71. The lowest BCUT2D eigenvalue weighted by Crippen LogP contribution is -2.42. The van der Waals surface area contributed by atoms with Crippen LogP contribution in [-0.4, -0.2) is 68.6 Å². The van der Waals surface area contributed by atoms with Gasteiger partial charge in [-0.2, -0.15) is 0 Å². The number of amides is 1. The van der Waals surface area contributed by atoms with Crippen molar-refractivity contribution in [3.8, 4) is 0 Å². The number of carbonyl (C=O) groups is 1. The maximum absolute atomic E-state index is 13.7. The van der Waals surface area contributed by atoms with Crippen LogP contribution in [-0.2, 0) is 16.1 Å². The maximum Gasteiger partial charge on any atom is 0.243 e. The van der Waals surface area contributed by atoms with E-state index in [0.29, 0.717) is 19.0 Å². The minimum Gasteiger partial charge on any atom is -0.376 e. The van der Waals surface area contributed by atoms with Crippen molar-refractivity contribution in [3.05, 3.63) is 34.6 Å². The molecule has 1 aliphatic rings. The topological polar surface area (TPSA) is 57.2 Å². The van der Waals surface area contributed by atoms with Crippen molar-refractivity contribution in [2.75, 3.05) is 40.8 Å². The van der Waals surface area contributed by atoms with Crippen molar-refractivity contribution in [1.82, 2.24) is 15.1 Å². The van der Waals surface area contributed by atoms with Gasteiger partial charge in [0, 0.05) is 40.8 Å². The third-order valence-electron chi connectivity index (χ3n) is 4.14. The zero-order valence-electron chi connectivity index (χ0n) is 15.9. The predicted molar refractivity (Wildman–Crippen MR) is 116 cm³/mol. The Morgan fingerprint density at radius 1 is 1.41 bits per heavy atom. The summed E-state index contributed by atoms with van der Waals surface area (Å²) in [6.45, 7) is 1.87. The van der Waals surface area contributed by atoms with Crippen LogP contribution in [0, 0.1) is 5.82 Å². The Bertz CT molecular complexity index is 654. The van der Waals surface area contributed by atoms with Crippen LogP contribution in [0.1, 0.15) is 18.4 Å². The standard InChI is InChI=1S/C18H26ClFN4O2.HI/c1-23(2)17(25)11-22-18(21-10-14-5-4-8-26-14)24(3)12-13-6-7-15(19)16(20)9-13;/h6-7,9,14H,4-5,8,10-12H2,1-3H3,(H,21,22);1H. The molecule has 1 unspecified atom stereocenters. The number of benzene rings is 1. The molecule has 27 heavy (non-hydrogen) atoms. The summed E-state index contributed by atoms with van der Waals surface area (Å²) in [4.78, 5) is 19.6. The molecule has 9 heteroatoms. The summed E-state index contributed by atoms with van der Waals surface area (Å²) in [5.74, 6) is 0.0320. The summed E-state index contributed by atoms with van der Waals surface area (Å²) in [6.07, 6.45) is 2.20. The van der Waals surface area contributed by atoms with Gasteiger partial charge in [-0.3, -0.25) is 4.79 Å². The Balaban J connectivity index is 0.00000364. The highest BCUT2D eigenvalue weighted by molar-refractivity contribution is 14.0. The molecular formula is C18H27ClFIN4O2. The predicted octanol–water partition coefficient (Wildman–Crippen LogP) is 2.74. The van der Waals surface area contributed by atoms with Gasteiger partial charge in [-0.05, 0) is 30.5 Å². The summed E-state index contributed by atoms with van der Waals surface area (Å²) < 4.78 is 19.3. The first-order valence-corrected chi connectivity index (χ1v) is 8.99. The number of aliphatic imine (C=N–C) groups is 1. The SMILES string of the molecule is CN(C)C(=O)CN=C(NCC1CCCO1)N(C)Cc1ccc(Cl)c(F)c1.I. The Kier molecular flexibility index (Phi) is 10.3. The lowest BCUT2D eigenvalue weighted by atomic mass is 10.2. The van der Waals surface area contributed by atoms with E-state index in [0.717, 1.165) is 25.0 Å². The largest absolute Gasteiger partial charge is 0.376 e. The minimum absolute atomic E-state index is 0. The normalized spacial score (nSPS) is 16.6. The first-order valence-electron chi connectivity index (χ1n) is 8.62. The molecule has 1 aromatic rings. The van der Waals surface area contributed by atoms with Gasteiger partial charge in [0.05, 0.1) is 11.1 Å². The van der Waals surface area contributed by atoms with E-state index in [1.807, 2.05) is 11.9 Å². The molecule has 6 nitrogen and oxygen atoms in total. The van der Waals surface area contributed by atoms with Gasteiger partial charge in [0.1, 0.15) is 12.4 Å². The van der Waals surface area contributed by atoms with Crippen LogP contribution in [0.2, 0.25) is 5.02 Å². The molecule has 1 N–H and O–H groups in total. The van der Waals surface area contributed by atoms with Crippen molar-refractivity contribution in [2.45, 2.75) is 25.5 Å². The van der Waals surface area contributed by atoms with E-state index in [1.54, 1.807) is 20.2 Å². The third-order valence-corrected chi connectivity index (χ3v) is 4.45. The molecule has 2 rings (SSSR count). The van der Waals surface area contributed by atoms with Crippen LogP contribution in [0.4, 0.5) is 4.39 Å². The fraction of sp³-hybridized carbons (Fsp3) is 0.556. The molecule has 1 fully saturated rings. The number of hydrogen-bond donors (Lipinski definition) is 1. The first-order chi connectivity index (χ1) is 12.4. The molecule has 0 spiro atoms. The lowest BCUT2D eigenvalue weighted by Gasteiger charge is -2.24. The molecular weight excluding hydrogens is 486 g/mol. The number of nitrogens with zero attached hydrogens (tertiary/aromatic N) is 3. The van der Waals surface area contributed by atoms with Crippen molar-refractivity contribution in [3.63, 3.8) is 0 Å². The molecule has 0 saturated carbocycles. The Labute approximate surface area is 182 Å². The van der Waals surface area contributed by atoms with Gasteiger partial charge in [-0.1, -0.05) is 17.7 Å². The van der Waals surface area contributed by atoms with Crippen LogP contribution in [0.5, 0.6) is 0 Å². The van der Waals surface area contributed by atoms with Crippen LogP contribution in [0.3, 0.4) is 0 Å². The van der Waals surface area contributed by atoms with Gasteiger partial charge >= 0.3 is 0 Å². The number of rotatable bonds is 6. The number of guanidine groups is 1. The van der Waals surface area contributed by atoms with Crippen molar-refractivity contribution in [1.29, 1.82) is 0 Å². The van der Waals surface area contributed by atoms with Crippen molar-refractivity contribution in [2.24, 2.45) is 4.99 Å². The van der Waals surface area contributed by atoms with E-state index < -0.39 is 5.82 Å². The van der Waals surface area contributed by atoms with Gasteiger partial charge in [0.25, 0.3) is 0 Å². The monoisotopic (exact) mass is 512 g/mol. The number of likely N-dealkylation sites (N-methyl/N-ethyl adjacent to an activating group) is 1. The van der Waals surface area contributed by atoms with Crippen LogP contribution < -0.4 is 5.32 Å². The average Bonchev–Trinajstić information content (AvgIpc) is 3.11. The van der Waals surface area contributed by atoms with E-state index in [4.69, 9.17) is 16.3 Å². The molecule has 0 bridgehead atoms. The second kappa shape index (κ2) is 11.7. The maximum atomic E-state index is 13.7. The van der Waals surface area contributed by atoms with Crippen LogP contribution in [0.25, 0.3) is 0 Å². The van der Waals surface area contributed by atoms with Crippen LogP contribution >= 0.6 is 35.6 Å². The number of carbonyl (C=O) groups excluding carboxylic acids is 1. The van der Waals surface area contributed by atoms with E-state index in [9.17, 15) is 9.18 Å². The van der Waals surface area contributed by atoms with Crippen LogP contribution in [0.15, 0.2) is 23.2 Å². The Hall–Kier alpha value is -1.13. The quantitative estimate of drug-likeness (QED) is 0.362. The van der Waals surface area contributed by atoms with E-state index in [2.05, 4.69) is 10.3 Å². The summed E-state index contributed by atoms with van der Waals surface area (Å²) in [5.41, 5.74) is 0.764. The zero-order chi connectivity index (χ0) is 19.1. The summed E-state index contributed by atoms with van der Waals surface area (Å²) in [5, 5.41) is 3.36. The second-order valence-corrected chi connectivity index (χ2v) is 6.96. The molecule has 0 aliphatic carbocycles. The Morgan fingerprint density at radius 2 is 2.15 bits per heavy atom. The first kappa shape index (κ1) is 23.9. The average molecular weight is 513 g/mol.